The van der Waals surface area contributed by atoms with Crippen LogP contribution in [-0.2, 0) is 14.2 Å². The molecular formula is C12H22O3. The normalized spacial score (nSPS) is 26.6. The molecule has 3 heteroatoms. The number of epoxide rings is 1. The van der Waals surface area contributed by atoms with Gasteiger partial charge in [0.15, 0.2) is 0 Å². The average Bonchev–Trinajstić information content (AvgIpc) is 3.04. The van der Waals surface area contributed by atoms with Crippen molar-refractivity contribution < 1.29 is 14.2 Å². The van der Waals surface area contributed by atoms with Crippen LogP contribution in [0.15, 0.2) is 0 Å². The van der Waals surface area contributed by atoms with E-state index >= 15 is 0 Å². The average molecular weight is 214 g/mol. The molecule has 0 aromatic rings. The first-order chi connectivity index (χ1) is 7.34. The minimum absolute atomic E-state index is 0.374. The summed E-state index contributed by atoms with van der Waals surface area (Å²) in [6.07, 6.45) is 4.60. The summed E-state index contributed by atoms with van der Waals surface area (Å²) in [6.45, 7) is 6.20. The molecule has 2 unspecified atom stereocenters. The number of ether oxygens (including phenoxy) is 3. The maximum atomic E-state index is 5.56. The van der Waals surface area contributed by atoms with E-state index in [1.54, 1.807) is 0 Å². The summed E-state index contributed by atoms with van der Waals surface area (Å²) in [6, 6.07) is 0. The van der Waals surface area contributed by atoms with Crippen molar-refractivity contribution in [2.45, 2.75) is 32.3 Å². The van der Waals surface area contributed by atoms with Crippen molar-refractivity contribution >= 4 is 0 Å². The van der Waals surface area contributed by atoms with Gasteiger partial charge in [-0.05, 0) is 18.3 Å². The molecule has 3 nitrogen and oxygen atoms in total. The van der Waals surface area contributed by atoms with Crippen LogP contribution in [0.5, 0.6) is 0 Å². The molecule has 2 fully saturated rings. The van der Waals surface area contributed by atoms with E-state index in [2.05, 4.69) is 6.92 Å². The van der Waals surface area contributed by atoms with Gasteiger partial charge in [0.1, 0.15) is 6.10 Å². The van der Waals surface area contributed by atoms with Crippen LogP contribution in [0.4, 0.5) is 0 Å². The predicted molar refractivity (Wildman–Crippen MR) is 57.9 cm³/mol. The van der Waals surface area contributed by atoms with Gasteiger partial charge in [0.05, 0.1) is 26.4 Å². The zero-order chi connectivity index (χ0) is 10.5. The SMILES string of the molecule is CC(COCCOCC1CO1)CC1CC1. The highest BCUT2D eigenvalue weighted by atomic mass is 16.6. The highest BCUT2D eigenvalue weighted by Gasteiger charge is 2.23. The van der Waals surface area contributed by atoms with Crippen molar-refractivity contribution in [2.24, 2.45) is 11.8 Å². The molecule has 2 atom stereocenters. The minimum atomic E-state index is 0.374. The van der Waals surface area contributed by atoms with Crippen LogP contribution in [0.25, 0.3) is 0 Å². The van der Waals surface area contributed by atoms with E-state index in [0.29, 0.717) is 18.6 Å². The van der Waals surface area contributed by atoms with Crippen molar-refractivity contribution in [2.75, 3.05) is 33.0 Å². The number of hydrogen-bond donors (Lipinski definition) is 0. The standard InChI is InChI=1S/C12H22O3/c1-10(6-11-2-3-11)7-13-4-5-14-8-12-9-15-12/h10-12H,2-9H2,1H3. The van der Waals surface area contributed by atoms with E-state index in [9.17, 15) is 0 Å². The Hall–Kier alpha value is -0.120. The smallest absolute Gasteiger partial charge is 0.104 e. The molecule has 0 aromatic carbocycles. The molecule has 1 saturated carbocycles. The van der Waals surface area contributed by atoms with Crippen molar-refractivity contribution in [3.8, 4) is 0 Å². The van der Waals surface area contributed by atoms with Crippen LogP contribution in [-0.4, -0.2) is 39.1 Å². The maximum absolute atomic E-state index is 5.56. The van der Waals surface area contributed by atoms with Gasteiger partial charge < -0.3 is 14.2 Å². The first-order valence-electron chi connectivity index (χ1n) is 6.11. The molecule has 0 N–H and O–H groups in total. The monoisotopic (exact) mass is 214 g/mol. The summed E-state index contributed by atoms with van der Waals surface area (Å²) in [5, 5.41) is 0. The Morgan fingerprint density at radius 3 is 2.67 bits per heavy atom. The lowest BCUT2D eigenvalue weighted by atomic mass is 10.1. The van der Waals surface area contributed by atoms with E-state index < -0.39 is 0 Å². The first kappa shape index (κ1) is 11.4. The molecular weight excluding hydrogens is 192 g/mol. The van der Waals surface area contributed by atoms with Gasteiger partial charge in [0.25, 0.3) is 0 Å². The van der Waals surface area contributed by atoms with Gasteiger partial charge in [-0.3, -0.25) is 0 Å². The summed E-state index contributed by atoms with van der Waals surface area (Å²) < 4.78 is 16.0. The molecule has 1 aliphatic carbocycles. The topological polar surface area (TPSA) is 31.0 Å². The largest absolute Gasteiger partial charge is 0.379 e. The molecule has 1 aliphatic heterocycles. The molecule has 0 bridgehead atoms. The lowest BCUT2D eigenvalue weighted by molar-refractivity contribution is 0.0293. The molecule has 0 spiro atoms. The molecule has 88 valence electrons. The summed E-state index contributed by atoms with van der Waals surface area (Å²) in [4.78, 5) is 0. The van der Waals surface area contributed by atoms with E-state index in [1.807, 2.05) is 0 Å². The van der Waals surface area contributed by atoms with E-state index in [-0.39, 0.29) is 0 Å². The minimum Gasteiger partial charge on any atom is -0.379 e. The number of rotatable bonds is 9. The van der Waals surface area contributed by atoms with Crippen molar-refractivity contribution in [3.63, 3.8) is 0 Å². The second kappa shape index (κ2) is 5.83. The molecule has 2 rings (SSSR count). The Morgan fingerprint density at radius 2 is 2.00 bits per heavy atom. The third kappa shape index (κ3) is 5.50. The Kier molecular flexibility index (Phi) is 4.42. The fraction of sp³-hybridized carbons (Fsp3) is 1.00. The molecule has 1 saturated heterocycles. The molecule has 1 heterocycles. The van der Waals surface area contributed by atoms with Gasteiger partial charge in [-0.1, -0.05) is 19.8 Å². The van der Waals surface area contributed by atoms with Gasteiger partial charge in [-0.2, -0.15) is 0 Å². The maximum Gasteiger partial charge on any atom is 0.104 e. The highest BCUT2D eigenvalue weighted by Crippen LogP contribution is 2.35. The molecule has 0 amide bonds. The third-order valence-corrected chi connectivity index (χ3v) is 2.91. The quantitative estimate of drug-likeness (QED) is 0.433. The lowest BCUT2D eigenvalue weighted by Gasteiger charge is -2.11. The zero-order valence-electron chi connectivity index (χ0n) is 9.61. The van der Waals surface area contributed by atoms with E-state index in [1.165, 1.54) is 19.3 Å². The van der Waals surface area contributed by atoms with Gasteiger partial charge in [0.2, 0.25) is 0 Å². The highest BCUT2D eigenvalue weighted by molar-refractivity contribution is 4.75. The fourth-order valence-corrected chi connectivity index (χ4v) is 1.77. The summed E-state index contributed by atoms with van der Waals surface area (Å²) >= 11 is 0. The van der Waals surface area contributed by atoms with Crippen LogP contribution >= 0.6 is 0 Å². The third-order valence-electron chi connectivity index (χ3n) is 2.91. The van der Waals surface area contributed by atoms with Crippen LogP contribution in [0, 0.1) is 11.8 Å². The summed E-state index contributed by atoms with van der Waals surface area (Å²) in [7, 11) is 0. The van der Waals surface area contributed by atoms with E-state index in [0.717, 1.165) is 32.3 Å². The van der Waals surface area contributed by atoms with Crippen LogP contribution in [0.3, 0.4) is 0 Å². The second-order valence-electron chi connectivity index (χ2n) is 4.89. The van der Waals surface area contributed by atoms with Gasteiger partial charge in [-0.15, -0.1) is 0 Å². The van der Waals surface area contributed by atoms with Gasteiger partial charge in [-0.25, -0.2) is 0 Å². The fourth-order valence-electron chi connectivity index (χ4n) is 1.77. The van der Waals surface area contributed by atoms with Crippen molar-refractivity contribution in [1.82, 2.24) is 0 Å². The summed E-state index contributed by atoms with van der Waals surface area (Å²) in [5.41, 5.74) is 0. The lowest BCUT2D eigenvalue weighted by Crippen LogP contribution is -2.12. The van der Waals surface area contributed by atoms with Gasteiger partial charge in [0, 0.05) is 6.61 Å². The predicted octanol–water partition coefficient (Wildman–Crippen LogP) is 1.85. The van der Waals surface area contributed by atoms with E-state index in [4.69, 9.17) is 14.2 Å². The van der Waals surface area contributed by atoms with Gasteiger partial charge >= 0.3 is 0 Å². The zero-order valence-corrected chi connectivity index (χ0v) is 9.61. The first-order valence-corrected chi connectivity index (χ1v) is 6.11. The Bertz CT molecular complexity index is 176. The molecule has 2 aliphatic rings. The van der Waals surface area contributed by atoms with Crippen LogP contribution < -0.4 is 0 Å². The summed E-state index contributed by atoms with van der Waals surface area (Å²) in [5.74, 6) is 1.72. The van der Waals surface area contributed by atoms with Crippen LogP contribution in [0.1, 0.15) is 26.2 Å². The van der Waals surface area contributed by atoms with Crippen LogP contribution in [0.2, 0.25) is 0 Å². The second-order valence-corrected chi connectivity index (χ2v) is 4.89. The molecule has 0 aromatic heterocycles. The Labute approximate surface area is 92.1 Å². The van der Waals surface area contributed by atoms with Crippen molar-refractivity contribution in [3.05, 3.63) is 0 Å². The molecule has 15 heavy (non-hydrogen) atoms. The molecule has 0 radical (unpaired) electrons. The van der Waals surface area contributed by atoms with Crippen molar-refractivity contribution in [1.29, 1.82) is 0 Å². The Morgan fingerprint density at radius 1 is 1.27 bits per heavy atom. The number of hydrogen-bond acceptors (Lipinski definition) is 3. The Balaban J connectivity index is 1.33.